The molecule has 3 rings (SSSR count). The van der Waals surface area contributed by atoms with Gasteiger partial charge in [0, 0.05) is 12.0 Å². The van der Waals surface area contributed by atoms with Crippen molar-refractivity contribution < 1.29 is 32.2 Å². The normalized spacial score (nSPS) is 16.8. The Morgan fingerprint density at radius 1 is 1.25 bits per heavy atom. The lowest BCUT2D eigenvalue weighted by Crippen LogP contribution is -2.38. The lowest BCUT2D eigenvalue weighted by atomic mass is 10.0. The predicted molar refractivity (Wildman–Crippen MR) is 98.4 cm³/mol. The fraction of sp³-hybridized carbons (Fsp3) is 0.316. The third-order valence-electron chi connectivity index (χ3n) is 4.34. The van der Waals surface area contributed by atoms with E-state index in [1.54, 1.807) is 18.2 Å². The molecule has 7 nitrogen and oxygen atoms in total. The number of carboxylic acid groups (broad SMARTS) is 1. The number of fused-ring (bicyclic) bond motifs is 1. The molecule has 1 heterocycles. The number of carbonyl (C=O) groups is 1. The number of hydrogen-bond acceptors (Lipinski definition) is 5. The second kappa shape index (κ2) is 7.40. The van der Waals surface area contributed by atoms with E-state index in [9.17, 15) is 22.7 Å². The molecular weight excluding hydrogens is 389 g/mol. The Hall–Kier alpha value is -2.65. The molecule has 150 valence electrons. The van der Waals surface area contributed by atoms with Crippen LogP contribution in [-0.4, -0.2) is 31.7 Å². The summed E-state index contributed by atoms with van der Waals surface area (Å²) in [5, 5.41) is 9.27. The number of aliphatic carboxylic acids is 1. The summed E-state index contributed by atoms with van der Waals surface area (Å²) in [7, 11) is -3.89. The Morgan fingerprint density at radius 2 is 1.93 bits per heavy atom. The van der Waals surface area contributed by atoms with E-state index in [1.165, 1.54) is 26.0 Å². The first-order valence-electron chi connectivity index (χ1n) is 8.56. The largest absolute Gasteiger partial charge is 0.489 e. The van der Waals surface area contributed by atoms with Crippen LogP contribution in [0.3, 0.4) is 0 Å². The fourth-order valence-corrected chi connectivity index (χ4v) is 4.04. The average molecular weight is 409 g/mol. The molecule has 2 aromatic rings. The minimum atomic E-state index is -3.89. The van der Waals surface area contributed by atoms with Gasteiger partial charge in [0.2, 0.25) is 10.0 Å². The van der Waals surface area contributed by atoms with Gasteiger partial charge in [-0.2, -0.15) is 0 Å². The summed E-state index contributed by atoms with van der Waals surface area (Å²) in [4.78, 5) is 11.3. The second-order valence-corrected chi connectivity index (χ2v) is 8.57. The Kier molecular flexibility index (Phi) is 5.31. The predicted octanol–water partition coefficient (Wildman–Crippen LogP) is 2.87. The Bertz CT molecular complexity index is 988. The monoisotopic (exact) mass is 409 g/mol. The number of ether oxygens (including phenoxy) is 2. The highest BCUT2D eigenvalue weighted by molar-refractivity contribution is 7.89. The summed E-state index contributed by atoms with van der Waals surface area (Å²) >= 11 is 0. The molecule has 28 heavy (non-hydrogen) atoms. The molecule has 0 radical (unpaired) electrons. The van der Waals surface area contributed by atoms with Crippen LogP contribution in [0.2, 0.25) is 0 Å². The standard InChI is InChI=1S/C19H20FNO6S/c1-19(2,18(22)23)27-16-5-3-4-14-15(10-11-26-17(14)16)21-28(24,25)13-8-6-12(20)7-9-13/h3-9,15,21H,10-11H2,1-2H3,(H,22,23). The first-order valence-corrected chi connectivity index (χ1v) is 10.0. The third-order valence-corrected chi connectivity index (χ3v) is 5.83. The van der Waals surface area contributed by atoms with E-state index in [-0.39, 0.29) is 17.3 Å². The van der Waals surface area contributed by atoms with Gasteiger partial charge >= 0.3 is 5.97 Å². The number of rotatable bonds is 6. The van der Waals surface area contributed by atoms with Gasteiger partial charge in [-0.25, -0.2) is 22.3 Å². The molecule has 2 N–H and O–H groups in total. The van der Waals surface area contributed by atoms with Crippen LogP contribution >= 0.6 is 0 Å². The van der Waals surface area contributed by atoms with Gasteiger partial charge < -0.3 is 14.6 Å². The van der Waals surface area contributed by atoms with Gasteiger partial charge in [0.25, 0.3) is 0 Å². The number of carboxylic acids is 1. The Labute approximate surface area is 162 Å². The number of halogens is 1. The number of hydrogen-bond donors (Lipinski definition) is 2. The average Bonchev–Trinajstić information content (AvgIpc) is 2.62. The van der Waals surface area contributed by atoms with Crippen molar-refractivity contribution in [2.45, 2.75) is 36.8 Å². The third kappa shape index (κ3) is 4.10. The van der Waals surface area contributed by atoms with Crippen LogP contribution in [0, 0.1) is 5.82 Å². The van der Waals surface area contributed by atoms with Crippen molar-refractivity contribution in [1.82, 2.24) is 4.72 Å². The molecular formula is C19H20FNO6S. The number of sulfonamides is 1. The van der Waals surface area contributed by atoms with Crippen LogP contribution in [-0.2, 0) is 14.8 Å². The molecule has 0 saturated carbocycles. The van der Waals surface area contributed by atoms with Crippen molar-refractivity contribution in [3.63, 3.8) is 0 Å². The topological polar surface area (TPSA) is 102 Å². The van der Waals surface area contributed by atoms with Gasteiger partial charge in [-0.15, -0.1) is 0 Å². The molecule has 0 aromatic heterocycles. The van der Waals surface area contributed by atoms with Gasteiger partial charge in [0.05, 0.1) is 17.5 Å². The van der Waals surface area contributed by atoms with E-state index in [2.05, 4.69) is 4.72 Å². The molecule has 0 fully saturated rings. The maximum absolute atomic E-state index is 13.1. The first kappa shape index (κ1) is 20.1. The maximum atomic E-state index is 13.1. The van der Waals surface area contributed by atoms with Crippen molar-refractivity contribution in [2.75, 3.05) is 6.61 Å². The molecule has 1 aliphatic heterocycles. The van der Waals surface area contributed by atoms with Crippen molar-refractivity contribution in [3.05, 3.63) is 53.8 Å². The van der Waals surface area contributed by atoms with E-state index in [1.807, 2.05) is 0 Å². The van der Waals surface area contributed by atoms with Crippen molar-refractivity contribution in [2.24, 2.45) is 0 Å². The molecule has 0 aliphatic carbocycles. The molecule has 1 aliphatic rings. The van der Waals surface area contributed by atoms with Gasteiger partial charge in [0.1, 0.15) is 5.82 Å². The van der Waals surface area contributed by atoms with E-state index in [4.69, 9.17) is 9.47 Å². The van der Waals surface area contributed by atoms with E-state index >= 15 is 0 Å². The van der Waals surface area contributed by atoms with Gasteiger partial charge in [-0.1, -0.05) is 12.1 Å². The van der Waals surface area contributed by atoms with E-state index < -0.39 is 33.5 Å². The van der Waals surface area contributed by atoms with E-state index in [0.717, 1.165) is 12.1 Å². The minimum Gasteiger partial charge on any atom is -0.489 e. The lowest BCUT2D eigenvalue weighted by molar-refractivity contribution is -0.152. The molecule has 0 bridgehead atoms. The molecule has 1 unspecified atom stereocenters. The van der Waals surface area contributed by atoms with Crippen LogP contribution in [0.15, 0.2) is 47.4 Å². The highest BCUT2D eigenvalue weighted by Crippen LogP contribution is 2.41. The van der Waals surface area contributed by atoms with Crippen LogP contribution in [0.4, 0.5) is 4.39 Å². The summed E-state index contributed by atoms with van der Waals surface area (Å²) in [6.07, 6.45) is 0.374. The van der Waals surface area contributed by atoms with E-state index in [0.29, 0.717) is 17.7 Å². The quantitative estimate of drug-likeness (QED) is 0.761. The van der Waals surface area contributed by atoms with Crippen molar-refractivity contribution in [1.29, 1.82) is 0 Å². The summed E-state index contributed by atoms with van der Waals surface area (Å²) in [6.45, 7) is 3.04. The van der Waals surface area contributed by atoms with Crippen LogP contribution in [0.25, 0.3) is 0 Å². The summed E-state index contributed by atoms with van der Waals surface area (Å²) in [5.74, 6) is -1.15. The number of para-hydroxylation sites is 1. The molecule has 0 saturated heterocycles. The van der Waals surface area contributed by atoms with Gasteiger partial charge in [0.15, 0.2) is 17.1 Å². The molecule has 9 heteroatoms. The Balaban J connectivity index is 1.91. The molecule has 1 atom stereocenters. The zero-order valence-electron chi connectivity index (χ0n) is 15.3. The van der Waals surface area contributed by atoms with Gasteiger partial charge in [-0.3, -0.25) is 0 Å². The van der Waals surface area contributed by atoms with Crippen molar-refractivity contribution >= 4 is 16.0 Å². The summed E-state index contributed by atoms with van der Waals surface area (Å²) in [6, 6.07) is 8.82. The highest BCUT2D eigenvalue weighted by Gasteiger charge is 2.33. The second-order valence-electron chi connectivity index (χ2n) is 6.86. The highest BCUT2D eigenvalue weighted by atomic mass is 32.2. The number of benzene rings is 2. The zero-order chi connectivity index (χ0) is 20.5. The minimum absolute atomic E-state index is 0.0543. The van der Waals surface area contributed by atoms with Gasteiger partial charge in [-0.05, 0) is 44.2 Å². The zero-order valence-corrected chi connectivity index (χ0v) is 16.1. The summed E-state index contributed by atoms with van der Waals surface area (Å²) < 4.78 is 52.2. The smallest absolute Gasteiger partial charge is 0.347 e. The first-order chi connectivity index (χ1) is 13.1. The molecule has 0 amide bonds. The number of nitrogens with one attached hydrogen (secondary N) is 1. The SMILES string of the molecule is CC(C)(Oc1cccc2c1OCCC2NS(=O)(=O)c1ccc(F)cc1)C(=O)O. The van der Waals surface area contributed by atoms with Crippen molar-refractivity contribution in [3.8, 4) is 11.5 Å². The molecule has 0 spiro atoms. The maximum Gasteiger partial charge on any atom is 0.347 e. The Morgan fingerprint density at radius 3 is 2.57 bits per heavy atom. The summed E-state index contributed by atoms with van der Waals surface area (Å²) in [5.41, 5.74) is -0.949. The van der Waals surface area contributed by atoms with Crippen LogP contribution in [0.5, 0.6) is 11.5 Å². The fourth-order valence-electron chi connectivity index (χ4n) is 2.79. The lowest BCUT2D eigenvalue weighted by Gasteiger charge is -2.30. The van der Waals surface area contributed by atoms with Crippen LogP contribution in [0.1, 0.15) is 31.9 Å². The van der Waals surface area contributed by atoms with Crippen LogP contribution < -0.4 is 14.2 Å². The molecule has 2 aromatic carbocycles.